The first-order valence-electron chi connectivity index (χ1n) is 7.49. The molecule has 2 aromatic rings. The lowest BCUT2D eigenvalue weighted by Crippen LogP contribution is -2.36. The van der Waals surface area contributed by atoms with Crippen molar-refractivity contribution in [2.24, 2.45) is 0 Å². The van der Waals surface area contributed by atoms with E-state index in [1.807, 2.05) is 12.1 Å². The number of halogens is 2. The van der Waals surface area contributed by atoms with E-state index in [1.54, 1.807) is 18.2 Å². The van der Waals surface area contributed by atoms with Crippen molar-refractivity contribution in [1.82, 2.24) is 4.90 Å². The zero-order valence-electron chi connectivity index (χ0n) is 13.2. The van der Waals surface area contributed by atoms with Crippen molar-refractivity contribution < 1.29 is 18.8 Å². The lowest BCUT2D eigenvalue weighted by atomic mass is 10.2. The molecule has 2 aromatic carbocycles. The summed E-state index contributed by atoms with van der Waals surface area (Å²) in [7, 11) is 0. The van der Waals surface area contributed by atoms with Crippen LogP contribution in [0.5, 0.6) is 0 Å². The standard InChI is InChI=1S/C18H12BrFN2O3S/c19-12-6-4-11(5-7-12)8-15-17(24)22(18(25)26-15)10-16(23)21-14-3-1-2-13(20)9-14/h1-9H,10H2,(H,21,23)/b15-8+. The molecule has 0 bridgehead atoms. The Morgan fingerprint density at radius 3 is 2.62 bits per heavy atom. The fourth-order valence-corrected chi connectivity index (χ4v) is 3.36. The van der Waals surface area contributed by atoms with E-state index in [2.05, 4.69) is 21.2 Å². The van der Waals surface area contributed by atoms with Crippen LogP contribution < -0.4 is 5.32 Å². The number of nitrogens with one attached hydrogen (secondary N) is 1. The number of carbonyl (C=O) groups is 3. The summed E-state index contributed by atoms with van der Waals surface area (Å²) in [6.45, 7) is -0.432. The normalized spacial score (nSPS) is 15.6. The van der Waals surface area contributed by atoms with Crippen LogP contribution >= 0.6 is 27.7 Å². The Morgan fingerprint density at radius 1 is 1.19 bits per heavy atom. The third-order valence-corrected chi connectivity index (χ3v) is 4.89. The number of carbonyl (C=O) groups excluding carboxylic acids is 3. The predicted molar refractivity (Wildman–Crippen MR) is 102 cm³/mol. The van der Waals surface area contributed by atoms with Crippen LogP contribution in [0.1, 0.15) is 5.56 Å². The van der Waals surface area contributed by atoms with Crippen molar-refractivity contribution in [2.75, 3.05) is 11.9 Å². The molecular formula is C18H12BrFN2O3S. The number of hydrogen-bond donors (Lipinski definition) is 1. The van der Waals surface area contributed by atoms with Gasteiger partial charge in [0, 0.05) is 10.2 Å². The lowest BCUT2D eigenvalue weighted by Gasteiger charge is -2.12. The summed E-state index contributed by atoms with van der Waals surface area (Å²) in [6, 6.07) is 12.6. The Labute approximate surface area is 161 Å². The molecule has 3 rings (SSSR count). The van der Waals surface area contributed by atoms with Gasteiger partial charge in [-0.05, 0) is 53.7 Å². The second-order valence-corrected chi connectivity index (χ2v) is 7.29. The molecule has 0 radical (unpaired) electrons. The molecule has 0 unspecified atom stereocenters. The highest BCUT2D eigenvalue weighted by atomic mass is 79.9. The molecule has 8 heteroatoms. The summed E-state index contributed by atoms with van der Waals surface area (Å²) >= 11 is 4.10. The number of thioether (sulfide) groups is 1. The van der Waals surface area contributed by atoms with Crippen LogP contribution in [0.4, 0.5) is 14.9 Å². The second-order valence-electron chi connectivity index (χ2n) is 5.38. The van der Waals surface area contributed by atoms with Crippen molar-refractivity contribution in [3.8, 4) is 0 Å². The van der Waals surface area contributed by atoms with Crippen molar-refractivity contribution in [3.63, 3.8) is 0 Å². The van der Waals surface area contributed by atoms with Gasteiger partial charge in [0.25, 0.3) is 11.1 Å². The van der Waals surface area contributed by atoms with E-state index in [1.165, 1.54) is 18.2 Å². The number of benzene rings is 2. The fraction of sp³-hybridized carbons (Fsp3) is 0.0556. The van der Waals surface area contributed by atoms with Crippen LogP contribution in [-0.4, -0.2) is 28.5 Å². The van der Waals surface area contributed by atoms with Crippen molar-refractivity contribution in [1.29, 1.82) is 0 Å². The van der Waals surface area contributed by atoms with Crippen molar-refractivity contribution >= 4 is 56.5 Å². The van der Waals surface area contributed by atoms with Crippen LogP contribution in [0, 0.1) is 5.82 Å². The SMILES string of the molecule is O=C(CN1C(=O)S/C(=C/c2ccc(Br)cc2)C1=O)Nc1cccc(F)c1. The fourth-order valence-electron chi connectivity index (χ4n) is 2.26. The van der Waals surface area contributed by atoms with Gasteiger partial charge in [0.05, 0.1) is 4.91 Å². The van der Waals surface area contributed by atoms with E-state index in [9.17, 15) is 18.8 Å². The monoisotopic (exact) mass is 434 g/mol. The van der Waals surface area contributed by atoms with Crippen LogP contribution in [0.3, 0.4) is 0 Å². The van der Waals surface area contributed by atoms with E-state index in [0.29, 0.717) is 0 Å². The van der Waals surface area contributed by atoms with E-state index in [-0.39, 0.29) is 10.6 Å². The Balaban J connectivity index is 1.69. The maximum Gasteiger partial charge on any atom is 0.294 e. The third kappa shape index (κ3) is 4.39. The molecule has 1 fully saturated rings. The van der Waals surface area contributed by atoms with Crippen LogP contribution in [-0.2, 0) is 9.59 Å². The van der Waals surface area contributed by atoms with E-state index >= 15 is 0 Å². The summed E-state index contributed by atoms with van der Waals surface area (Å²) in [5, 5.41) is 1.94. The number of hydrogen-bond acceptors (Lipinski definition) is 4. The van der Waals surface area contributed by atoms with Gasteiger partial charge in [0.15, 0.2) is 0 Å². The Morgan fingerprint density at radius 2 is 1.92 bits per heavy atom. The van der Waals surface area contributed by atoms with Gasteiger partial charge in [0.2, 0.25) is 5.91 Å². The molecular weight excluding hydrogens is 423 g/mol. The molecule has 26 heavy (non-hydrogen) atoms. The Kier molecular flexibility index (Phi) is 5.53. The van der Waals surface area contributed by atoms with Gasteiger partial charge in [0.1, 0.15) is 12.4 Å². The predicted octanol–water partition coefficient (Wildman–Crippen LogP) is 4.26. The molecule has 0 atom stereocenters. The summed E-state index contributed by atoms with van der Waals surface area (Å²) in [5.41, 5.74) is 1.02. The van der Waals surface area contributed by atoms with Gasteiger partial charge < -0.3 is 5.32 Å². The van der Waals surface area contributed by atoms with Gasteiger partial charge in [-0.1, -0.05) is 34.1 Å². The molecule has 1 heterocycles. The maximum atomic E-state index is 13.1. The van der Waals surface area contributed by atoms with Crippen LogP contribution in [0.25, 0.3) is 6.08 Å². The minimum Gasteiger partial charge on any atom is -0.324 e. The largest absolute Gasteiger partial charge is 0.324 e. The van der Waals surface area contributed by atoms with Crippen molar-refractivity contribution in [2.45, 2.75) is 0 Å². The summed E-state index contributed by atoms with van der Waals surface area (Å²) in [4.78, 5) is 37.6. The highest BCUT2D eigenvalue weighted by molar-refractivity contribution is 9.10. The van der Waals surface area contributed by atoms with Gasteiger partial charge in [-0.2, -0.15) is 0 Å². The highest BCUT2D eigenvalue weighted by Gasteiger charge is 2.36. The molecule has 0 aromatic heterocycles. The molecule has 0 aliphatic carbocycles. The average molecular weight is 435 g/mol. The Bertz CT molecular complexity index is 915. The smallest absolute Gasteiger partial charge is 0.294 e. The molecule has 1 aliphatic heterocycles. The number of anilines is 1. The first-order chi connectivity index (χ1) is 12.4. The molecule has 1 aliphatic rings. The molecule has 5 nitrogen and oxygen atoms in total. The maximum absolute atomic E-state index is 13.1. The molecule has 0 saturated carbocycles. The first-order valence-corrected chi connectivity index (χ1v) is 9.10. The summed E-state index contributed by atoms with van der Waals surface area (Å²) in [6.07, 6.45) is 1.60. The zero-order valence-corrected chi connectivity index (χ0v) is 15.6. The van der Waals surface area contributed by atoms with Gasteiger partial charge >= 0.3 is 0 Å². The van der Waals surface area contributed by atoms with Gasteiger partial charge in [-0.3, -0.25) is 19.3 Å². The Hall–Kier alpha value is -2.45. The number of amides is 3. The molecule has 3 amide bonds. The topological polar surface area (TPSA) is 66.5 Å². The van der Waals surface area contributed by atoms with Crippen LogP contribution in [0.15, 0.2) is 57.9 Å². The minimum atomic E-state index is -0.581. The van der Waals surface area contributed by atoms with Gasteiger partial charge in [-0.25, -0.2) is 4.39 Å². The highest BCUT2D eigenvalue weighted by Crippen LogP contribution is 2.32. The van der Waals surface area contributed by atoms with Crippen LogP contribution in [0.2, 0.25) is 0 Å². The van der Waals surface area contributed by atoms with E-state index < -0.39 is 29.4 Å². The average Bonchev–Trinajstić information content (AvgIpc) is 2.84. The van der Waals surface area contributed by atoms with E-state index in [0.717, 1.165) is 32.8 Å². The van der Waals surface area contributed by atoms with Gasteiger partial charge in [-0.15, -0.1) is 0 Å². The summed E-state index contributed by atoms with van der Waals surface area (Å²) in [5.74, 6) is -1.61. The first kappa shape index (κ1) is 18.3. The third-order valence-electron chi connectivity index (χ3n) is 3.45. The molecule has 0 spiro atoms. The zero-order chi connectivity index (χ0) is 18.7. The number of rotatable bonds is 4. The van der Waals surface area contributed by atoms with E-state index in [4.69, 9.17) is 0 Å². The second kappa shape index (κ2) is 7.84. The molecule has 1 saturated heterocycles. The summed E-state index contributed by atoms with van der Waals surface area (Å²) < 4.78 is 14.0. The lowest BCUT2D eigenvalue weighted by molar-refractivity contribution is -0.127. The van der Waals surface area contributed by atoms with Crippen molar-refractivity contribution in [3.05, 3.63) is 69.3 Å². The number of imide groups is 1. The quantitative estimate of drug-likeness (QED) is 0.729. The molecule has 1 N–H and O–H groups in total. The molecule has 132 valence electrons. The number of nitrogens with zero attached hydrogens (tertiary/aromatic N) is 1. The minimum absolute atomic E-state index is 0.246.